The van der Waals surface area contributed by atoms with E-state index in [0.717, 1.165) is 52.5 Å². The number of aromatic nitrogens is 4. The summed E-state index contributed by atoms with van der Waals surface area (Å²) in [5.74, 6) is 3.71. The van der Waals surface area contributed by atoms with Crippen molar-refractivity contribution in [2.24, 2.45) is 0 Å². The van der Waals surface area contributed by atoms with Gasteiger partial charge in [-0.3, -0.25) is 0 Å². The Morgan fingerprint density at radius 2 is 1.49 bits per heavy atom. The number of ether oxygens (including phenoxy) is 2. The summed E-state index contributed by atoms with van der Waals surface area (Å²) in [6.07, 6.45) is 8.01. The predicted molar refractivity (Wildman–Crippen MR) is 146 cm³/mol. The van der Waals surface area contributed by atoms with Gasteiger partial charge in [0.15, 0.2) is 22.8 Å². The molecule has 1 fully saturated rings. The Hall–Kier alpha value is -4.39. The number of benzene rings is 3. The average Bonchev–Trinajstić information content (AvgIpc) is 3.40. The molecule has 0 radical (unpaired) electrons. The minimum absolute atomic E-state index is 0.416. The standard InChI is InChI=1S/C30H29N5O2/c1-36-24-16-12-21(13-17-24)28-33-29(27-30(34-28)35(20-31-27)23-8-4-2-5-9-23)32-22-14-18-26(19-15-22)37-25-10-6-3-7-11-25/h3,6-7,10-20,23H,2,4-5,8-9H2,1H3,(H,32,33,34). The average molecular weight is 492 g/mol. The van der Waals surface area contributed by atoms with Crippen LogP contribution in [0.3, 0.4) is 0 Å². The lowest BCUT2D eigenvalue weighted by atomic mass is 9.95. The van der Waals surface area contributed by atoms with Crippen molar-refractivity contribution in [1.82, 2.24) is 19.5 Å². The third-order valence-corrected chi connectivity index (χ3v) is 6.83. The SMILES string of the molecule is COc1ccc(-c2nc(Nc3ccc(Oc4ccccc4)cc3)c3ncn(C4CCCCC4)c3n2)cc1. The second-order valence-electron chi connectivity index (χ2n) is 9.30. The topological polar surface area (TPSA) is 74.1 Å². The molecule has 0 atom stereocenters. The van der Waals surface area contributed by atoms with Crippen molar-refractivity contribution in [1.29, 1.82) is 0 Å². The Bertz CT molecular complexity index is 1480. The molecule has 1 aliphatic rings. The van der Waals surface area contributed by atoms with Gasteiger partial charge in [-0.05, 0) is 73.5 Å². The van der Waals surface area contributed by atoms with Gasteiger partial charge in [0.2, 0.25) is 0 Å². The molecule has 1 N–H and O–H groups in total. The highest BCUT2D eigenvalue weighted by Gasteiger charge is 2.21. The maximum absolute atomic E-state index is 5.94. The van der Waals surface area contributed by atoms with E-state index in [1.165, 1.54) is 19.3 Å². The van der Waals surface area contributed by atoms with Crippen LogP contribution in [0.4, 0.5) is 11.5 Å². The first-order valence-corrected chi connectivity index (χ1v) is 12.8. The Labute approximate surface area is 216 Å². The van der Waals surface area contributed by atoms with E-state index in [2.05, 4.69) is 9.88 Å². The van der Waals surface area contributed by atoms with Gasteiger partial charge in [-0.2, -0.15) is 0 Å². The number of hydrogen-bond donors (Lipinski definition) is 1. The Balaban J connectivity index is 1.35. The molecule has 186 valence electrons. The van der Waals surface area contributed by atoms with E-state index in [9.17, 15) is 0 Å². The van der Waals surface area contributed by atoms with Gasteiger partial charge < -0.3 is 19.4 Å². The zero-order valence-corrected chi connectivity index (χ0v) is 20.8. The van der Waals surface area contributed by atoms with E-state index in [0.29, 0.717) is 17.7 Å². The van der Waals surface area contributed by atoms with Crippen molar-refractivity contribution in [2.45, 2.75) is 38.1 Å². The molecule has 37 heavy (non-hydrogen) atoms. The maximum atomic E-state index is 5.94. The molecule has 7 heteroatoms. The van der Waals surface area contributed by atoms with E-state index in [4.69, 9.17) is 24.4 Å². The van der Waals surface area contributed by atoms with Crippen LogP contribution in [-0.2, 0) is 0 Å². The van der Waals surface area contributed by atoms with Crippen molar-refractivity contribution < 1.29 is 9.47 Å². The van der Waals surface area contributed by atoms with Crippen molar-refractivity contribution in [2.75, 3.05) is 12.4 Å². The summed E-state index contributed by atoms with van der Waals surface area (Å²) in [5.41, 5.74) is 3.45. The summed E-state index contributed by atoms with van der Waals surface area (Å²) in [7, 11) is 1.67. The number of nitrogens with one attached hydrogen (secondary N) is 1. The largest absolute Gasteiger partial charge is 0.497 e. The fourth-order valence-electron chi connectivity index (χ4n) is 4.87. The fourth-order valence-corrected chi connectivity index (χ4v) is 4.87. The molecule has 2 aromatic heterocycles. The summed E-state index contributed by atoms with van der Waals surface area (Å²) in [4.78, 5) is 14.6. The fraction of sp³-hybridized carbons (Fsp3) is 0.233. The van der Waals surface area contributed by atoms with Gasteiger partial charge in [0, 0.05) is 17.3 Å². The van der Waals surface area contributed by atoms with Crippen molar-refractivity contribution in [3.05, 3.63) is 85.2 Å². The number of fused-ring (bicyclic) bond motifs is 1. The number of imidazole rings is 1. The molecule has 0 bridgehead atoms. The lowest BCUT2D eigenvalue weighted by Crippen LogP contribution is -2.12. The van der Waals surface area contributed by atoms with Crippen LogP contribution in [0.15, 0.2) is 85.2 Å². The molecule has 0 unspecified atom stereocenters. The molecule has 6 rings (SSSR count). The van der Waals surface area contributed by atoms with Gasteiger partial charge in [-0.15, -0.1) is 0 Å². The monoisotopic (exact) mass is 491 g/mol. The van der Waals surface area contributed by atoms with Gasteiger partial charge in [-0.25, -0.2) is 15.0 Å². The van der Waals surface area contributed by atoms with Crippen LogP contribution < -0.4 is 14.8 Å². The molecule has 0 spiro atoms. The van der Waals surface area contributed by atoms with E-state index in [-0.39, 0.29) is 0 Å². The Morgan fingerprint density at radius 3 is 2.22 bits per heavy atom. The zero-order chi connectivity index (χ0) is 25.0. The number of rotatable bonds is 7. The highest BCUT2D eigenvalue weighted by atomic mass is 16.5. The number of hydrogen-bond acceptors (Lipinski definition) is 6. The highest BCUT2D eigenvalue weighted by molar-refractivity contribution is 5.87. The number of methoxy groups -OCH3 is 1. The first kappa shape index (κ1) is 23.0. The molecule has 7 nitrogen and oxygen atoms in total. The van der Waals surface area contributed by atoms with Crippen LogP contribution in [0.25, 0.3) is 22.6 Å². The first-order valence-electron chi connectivity index (χ1n) is 12.8. The smallest absolute Gasteiger partial charge is 0.166 e. The van der Waals surface area contributed by atoms with E-state index < -0.39 is 0 Å². The van der Waals surface area contributed by atoms with Gasteiger partial charge in [0.05, 0.1) is 13.4 Å². The van der Waals surface area contributed by atoms with Crippen molar-refractivity contribution >= 4 is 22.7 Å². The molecule has 5 aromatic rings. The van der Waals surface area contributed by atoms with E-state index in [1.807, 2.05) is 85.2 Å². The molecule has 2 heterocycles. The van der Waals surface area contributed by atoms with Crippen LogP contribution >= 0.6 is 0 Å². The highest BCUT2D eigenvalue weighted by Crippen LogP contribution is 2.34. The summed E-state index contributed by atoms with van der Waals surface area (Å²) in [6, 6.07) is 25.9. The number of anilines is 2. The maximum Gasteiger partial charge on any atom is 0.166 e. The van der Waals surface area contributed by atoms with Crippen LogP contribution in [0.5, 0.6) is 17.2 Å². The second-order valence-corrected chi connectivity index (χ2v) is 9.30. The van der Waals surface area contributed by atoms with Crippen LogP contribution in [0.1, 0.15) is 38.1 Å². The lowest BCUT2D eigenvalue weighted by Gasteiger charge is -2.23. The predicted octanol–water partition coefficient (Wildman–Crippen LogP) is 7.54. The minimum atomic E-state index is 0.416. The molecule has 0 amide bonds. The summed E-state index contributed by atoms with van der Waals surface area (Å²) in [5, 5.41) is 3.48. The number of para-hydroxylation sites is 1. The first-order chi connectivity index (χ1) is 18.3. The molecular weight excluding hydrogens is 462 g/mol. The molecule has 3 aromatic carbocycles. The lowest BCUT2D eigenvalue weighted by molar-refractivity contribution is 0.358. The van der Waals surface area contributed by atoms with Crippen molar-refractivity contribution in [3.63, 3.8) is 0 Å². The van der Waals surface area contributed by atoms with Gasteiger partial charge in [0.25, 0.3) is 0 Å². The quantitative estimate of drug-likeness (QED) is 0.253. The third kappa shape index (κ3) is 4.98. The number of nitrogens with zero attached hydrogens (tertiary/aromatic N) is 4. The molecule has 1 aliphatic carbocycles. The van der Waals surface area contributed by atoms with Crippen LogP contribution in [0, 0.1) is 0 Å². The van der Waals surface area contributed by atoms with Gasteiger partial charge in [0.1, 0.15) is 17.2 Å². The van der Waals surface area contributed by atoms with Gasteiger partial charge >= 0.3 is 0 Å². The van der Waals surface area contributed by atoms with Crippen molar-refractivity contribution in [3.8, 4) is 28.6 Å². The summed E-state index contributed by atoms with van der Waals surface area (Å²) < 4.78 is 13.5. The van der Waals surface area contributed by atoms with E-state index >= 15 is 0 Å². The minimum Gasteiger partial charge on any atom is -0.497 e. The molecule has 1 saturated carbocycles. The van der Waals surface area contributed by atoms with Crippen LogP contribution in [0.2, 0.25) is 0 Å². The summed E-state index contributed by atoms with van der Waals surface area (Å²) >= 11 is 0. The molecular formula is C30H29N5O2. The Morgan fingerprint density at radius 1 is 0.784 bits per heavy atom. The normalized spacial score (nSPS) is 14.0. The van der Waals surface area contributed by atoms with Gasteiger partial charge in [-0.1, -0.05) is 37.5 Å². The Kier molecular flexibility index (Phi) is 6.42. The van der Waals surface area contributed by atoms with E-state index in [1.54, 1.807) is 7.11 Å². The summed E-state index contributed by atoms with van der Waals surface area (Å²) in [6.45, 7) is 0. The van der Waals surface area contributed by atoms with Crippen LogP contribution in [-0.4, -0.2) is 26.6 Å². The zero-order valence-electron chi connectivity index (χ0n) is 20.8. The molecule has 0 saturated heterocycles. The molecule has 0 aliphatic heterocycles. The second kappa shape index (κ2) is 10.3. The third-order valence-electron chi connectivity index (χ3n) is 6.83.